The van der Waals surface area contributed by atoms with E-state index in [4.69, 9.17) is 10.5 Å². The maximum Gasteiger partial charge on any atom is 0.415 e. The van der Waals surface area contributed by atoms with Crippen LogP contribution in [0.15, 0.2) is 0 Å². The van der Waals surface area contributed by atoms with Crippen molar-refractivity contribution in [2.75, 3.05) is 19.8 Å². The average molecular weight is 240 g/mol. The Kier molecular flexibility index (Phi) is 3.80. The summed E-state index contributed by atoms with van der Waals surface area (Å²) in [6.45, 7) is 1.88. The molecule has 16 heavy (non-hydrogen) atoms. The van der Waals surface area contributed by atoms with Gasteiger partial charge in [-0.05, 0) is 13.3 Å². The molecule has 0 aromatic rings. The van der Waals surface area contributed by atoms with Crippen LogP contribution in [0, 0.1) is 5.92 Å². The molecule has 3 N–H and O–H groups in total. The molecule has 1 fully saturated rings. The molecule has 0 aromatic heterocycles. The van der Waals surface area contributed by atoms with Crippen molar-refractivity contribution in [3.05, 3.63) is 0 Å². The fourth-order valence-electron chi connectivity index (χ4n) is 1.29. The van der Waals surface area contributed by atoms with Crippen LogP contribution in [-0.2, 0) is 9.53 Å². The van der Waals surface area contributed by atoms with Crippen molar-refractivity contribution in [2.45, 2.75) is 25.1 Å². The Labute approximate surface area is 91.3 Å². The highest BCUT2D eigenvalue weighted by Crippen LogP contribution is 2.28. The molecule has 1 saturated heterocycles. The van der Waals surface area contributed by atoms with Crippen molar-refractivity contribution in [2.24, 2.45) is 11.7 Å². The van der Waals surface area contributed by atoms with Gasteiger partial charge in [0.25, 0.3) is 0 Å². The zero-order chi connectivity index (χ0) is 12.4. The van der Waals surface area contributed by atoms with E-state index in [2.05, 4.69) is 5.32 Å². The standard InChI is InChI=1S/C9H15F3N2O2/c1-8(13,9(10,11)12)7(15)14-4-6-2-3-16-5-6/h6H,2-5,13H2,1H3,(H,14,15). The number of hydrogen-bond donors (Lipinski definition) is 2. The lowest BCUT2D eigenvalue weighted by molar-refractivity contribution is -0.187. The summed E-state index contributed by atoms with van der Waals surface area (Å²) < 4.78 is 42.2. The van der Waals surface area contributed by atoms with Gasteiger partial charge in [-0.3, -0.25) is 4.79 Å². The average Bonchev–Trinajstić information content (AvgIpc) is 2.64. The van der Waals surface area contributed by atoms with Crippen LogP contribution >= 0.6 is 0 Å². The number of carbonyl (C=O) groups excluding carboxylic acids is 1. The lowest BCUT2D eigenvalue weighted by Crippen LogP contribution is -2.61. The number of nitrogens with one attached hydrogen (secondary N) is 1. The van der Waals surface area contributed by atoms with Gasteiger partial charge in [0.15, 0.2) is 5.54 Å². The van der Waals surface area contributed by atoms with Gasteiger partial charge in [0.05, 0.1) is 6.61 Å². The number of nitrogens with two attached hydrogens (primary N) is 1. The zero-order valence-electron chi connectivity index (χ0n) is 8.93. The summed E-state index contributed by atoms with van der Waals surface area (Å²) in [5.41, 5.74) is 2.11. The van der Waals surface area contributed by atoms with Crippen LogP contribution in [0.3, 0.4) is 0 Å². The fourth-order valence-corrected chi connectivity index (χ4v) is 1.29. The lowest BCUT2D eigenvalue weighted by atomic mass is 10.0. The van der Waals surface area contributed by atoms with Gasteiger partial charge >= 0.3 is 6.18 Å². The normalized spacial score (nSPS) is 25.2. The van der Waals surface area contributed by atoms with E-state index in [9.17, 15) is 18.0 Å². The maximum absolute atomic E-state index is 12.4. The molecular weight excluding hydrogens is 225 g/mol. The molecule has 0 aliphatic carbocycles. The lowest BCUT2D eigenvalue weighted by Gasteiger charge is -2.26. The minimum Gasteiger partial charge on any atom is -0.381 e. The molecule has 1 heterocycles. The Hall–Kier alpha value is -0.820. The highest BCUT2D eigenvalue weighted by molar-refractivity contribution is 5.86. The Morgan fingerprint density at radius 3 is 2.62 bits per heavy atom. The van der Waals surface area contributed by atoms with Crippen molar-refractivity contribution in [1.29, 1.82) is 0 Å². The van der Waals surface area contributed by atoms with E-state index < -0.39 is 17.6 Å². The van der Waals surface area contributed by atoms with Crippen LogP contribution in [0.25, 0.3) is 0 Å². The van der Waals surface area contributed by atoms with Gasteiger partial charge in [-0.1, -0.05) is 0 Å². The summed E-state index contributed by atoms with van der Waals surface area (Å²) in [6, 6.07) is 0. The monoisotopic (exact) mass is 240 g/mol. The quantitative estimate of drug-likeness (QED) is 0.751. The first kappa shape index (κ1) is 13.2. The molecule has 0 radical (unpaired) electrons. The van der Waals surface area contributed by atoms with E-state index in [1.807, 2.05) is 0 Å². The topological polar surface area (TPSA) is 64.4 Å². The largest absolute Gasteiger partial charge is 0.415 e. The molecule has 1 amide bonds. The number of amides is 1. The predicted molar refractivity (Wildman–Crippen MR) is 50.6 cm³/mol. The van der Waals surface area contributed by atoms with Crippen LogP contribution in [0.5, 0.6) is 0 Å². The predicted octanol–water partition coefficient (Wildman–Crippen LogP) is 0.419. The molecule has 0 aromatic carbocycles. The molecule has 1 rings (SSSR count). The van der Waals surface area contributed by atoms with Gasteiger partial charge in [-0.2, -0.15) is 13.2 Å². The van der Waals surface area contributed by atoms with Crippen LogP contribution in [0.4, 0.5) is 13.2 Å². The number of halogens is 3. The van der Waals surface area contributed by atoms with Gasteiger partial charge in [-0.25, -0.2) is 0 Å². The second kappa shape index (κ2) is 4.58. The van der Waals surface area contributed by atoms with Crippen LogP contribution in [0.2, 0.25) is 0 Å². The third-order valence-corrected chi connectivity index (χ3v) is 2.64. The van der Waals surface area contributed by atoms with Crippen molar-refractivity contribution in [3.8, 4) is 0 Å². The van der Waals surface area contributed by atoms with Crippen LogP contribution in [0.1, 0.15) is 13.3 Å². The van der Waals surface area contributed by atoms with Gasteiger partial charge in [0.1, 0.15) is 0 Å². The summed E-state index contributed by atoms with van der Waals surface area (Å²) in [6.07, 6.45) is -4.00. The highest BCUT2D eigenvalue weighted by Gasteiger charge is 2.53. The minimum absolute atomic E-state index is 0.0768. The maximum atomic E-state index is 12.4. The molecule has 0 spiro atoms. The molecule has 1 aliphatic heterocycles. The van der Waals surface area contributed by atoms with Gasteiger partial charge in [0.2, 0.25) is 5.91 Å². The molecule has 0 bridgehead atoms. The van der Waals surface area contributed by atoms with Gasteiger partial charge in [-0.15, -0.1) is 0 Å². The fraction of sp³-hybridized carbons (Fsp3) is 0.889. The number of hydrogen-bond acceptors (Lipinski definition) is 3. The van der Waals surface area contributed by atoms with Crippen molar-refractivity contribution in [1.82, 2.24) is 5.32 Å². The van der Waals surface area contributed by atoms with E-state index in [-0.39, 0.29) is 12.5 Å². The highest BCUT2D eigenvalue weighted by atomic mass is 19.4. The molecule has 2 unspecified atom stereocenters. The SMILES string of the molecule is CC(N)(C(=O)NCC1CCOC1)C(F)(F)F. The number of rotatable bonds is 3. The first-order valence-corrected chi connectivity index (χ1v) is 4.97. The smallest absolute Gasteiger partial charge is 0.381 e. The summed E-state index contributed by atoms with van der Waals surface area (Å²) in [5.74, 6) is -1.13. The molecular formula is C9H15F3N2O2. The summed E-state index contributed by atoms with van der Waals surface area (Å²) >= 11 is 0. The molecule has 0 saturated carbocycles. The van der Waals surface area contributed by atoms with Crippen LogP contribution in [-0.4, -0.2) is 37.4 Å². The number of alkyl halides is 3. The first-order valence-electron chi connectivity index (χ1n) is 4.97. The summed E-state index contributed by atoms with van der Waals surface area (Å²) in [5, 5.41) is 2.21. The van der Waals surface area contributed by atoms with Gasteiger partial charge < -0.3 is 15.8 Å². The van der Waals surface area contributed by atoms with E-state index in [1.165, 1.54) is 0 Å². The van der Waals surface area contributed by atoms with E-state index >= 15 is 0 Å². The Balaban J connectivity index is 2.45. The zero-order valence-corrected chi connectivity index (χ0v) is 8.93. The second-order valence-corrected chi connectivity index (χ2v) is 4.14. The third-order valence-electron chi connectivity index (χ3n) is 2.64. The second-order valence-electron chi connectivity index (χ2n) is 4.14. The minimum atomic E-state index is -4.75. The number of ether oxygens (including phenoxy) is 1. The Morgan fingerprint density at radius 2 is 2.19 bits per heavy atom. The van der Waals surface area contributed by atoms with Gasteiger partial charge in [0, 0.05) is 19.1 Å². The Morgan fingerprint density at radius 1 is 1.56 bits per heavy atom. The molecule has 1 aliphatic rings. The number of carbonyl (C=O) groups is 1. The summed E-state index contributed by atoms with van der Waals surface area (Å²) in [4.78, 5) is 11.3. The van der Waals surface area contributed by atoms with Crippen molar-refractivity contribution >= 4 is 5.91 Å². The van der Waals surface area contributed by atoms with E-state index in [0.29, 0.717) is 20.1 Å². The molecule has 7 heteroatoms. The van der Waals surface area contributed by atoms with Crippen LogP contribution < -0.4 is 11.1 Å². The first-order chi connectivity index (χ1) is 7.25. The molecule has 4 nitrogen and oxygen atoms in total. The Bertz CT molecular complexity index is 260. The summed E-state index contributed by atoms with van der Waals surface area (Å²) in [7, 11) is 0. The van der Waals surface area contributed by atoms with Crippen molar-refractivity contribution in [3.63, 3.8) is 0 Å². The molecule has 94 valence electrons. The van der Waals surface area contributed by atoms with E-state index in [1.54, 1.807) is 0 Å². The van der Waals surface area contributed by atoms with E-state index in [0.717, 1.165) is 6.42 Å². The third kappa shape index (κ3) is 2.85. The van der Waals surface area contributed by atoms with Crippen molar-refractivity contribution < 1.29 is 22.7 Å². The molecule has 2 atom stereocenters.